The zero-order valence-electron chi connectivity index (χ0n) is 17.5. The van der Waals surface area contributed by atoms with Crippen molar-refractivity contribution >= 4 is 39.2 Å². The SMILES string of the molecule is Cc1nc2c(-c3cnco3)cc(N3CCOCC3)cc2n1-c1ccnc2c(Cl)cccc12. The number of aryl methyl sites for hydroxylation is 1. The Hall–Kier alpha value is -3.42. The molecule has 1 aliphatic heterocycles. The van der Waals surface area contributed by atoms with Crippen molar-refractivity contribution in [3.05, 3.63) is 66.0 Å². The van der Waals surface area contributed by atoms with E-state index in [4.69, 9.17) is 25.7 Å². The highest BCUT2D eigenvalue weighted by Gasteiger charge is 2.21. The predicted octanol–water partition coefficient (Wildman–Crippen LogP) is 5.03. The van der Waals surface area contributed by atoms with Crippen LogP contribution in [-0.4, -0.2) is 45.8 Å². The Kier molecular flexibility index (Phi) is 4.59. The van der Waals surface area contributed by atoms with Crippen LogP contribution >= 0.6 is 11.6 Å². The normalized spacial score (nSPS) is 14.5. The summed E-state index contributed by atoms with van der Waals surface area (Å²) in [7, 11) is 0. The topological polar surface area (TPSA) is 69.2 Å². The van der Waals surface area contributed by atoms with Crippen LogP contribution in [0.1, 0.15) is 5.82 Å². The Morgan fingerprint density at radius 1 is 1.06 bits per heavy atom. The van der Waals surface area contributed by atoms with Gasteiger partial charge in [0.25, 0.3) is 0 Å². The fraction of sp³-hybridized carbons (Fsp3) is 0.208. The van der Waals surface area contributed by atoms with Gasteiger partial charge < -0.3 is 14.1 Å². The van der Waals surface area contributed by atoms with Crippen LogP contribution in [0.25, 0.3) is 38.9 Å². The Labute approximate surface area is 189 Å². The lowest BCUT2D eigenvalue weighted by atomic mass is 10.1. The summed E-state index contributed by atoms with van der Waals surface area (Å²) in [6.45, 7) is 5.10. The van der Waals surface area contributed by atoms with Crippen LogP contribution in [0.2, 0.25) is 5.02 Å². The molecule has 0 amide bonds. The molecule has 8 heteroatoms. The van der Waals surface area contributed by atoms with E-state index < -0.39 is 0 Å². The molecule has 5 aromatic rings. The maximum Gasteiger partial charge on any atom is 0.181 e. The zero-order chi connectivity index (χ0) is 21.7. The number of para-hydroxylation sites is 1. The average molecular weight is 446 g/mol. The molecule has 0 spiro atoms. The van der Waals surface area contributed by atoms with Crippen molar-refractivity contribution in [1.82, 2.24) is 19.5 Å². The molecule has 2 aromatic carbocycles. The summed E-state index contributed by atoms with van der Waals surface area (Å²) in [6.07, 6.45) is 4.97. The van der Waals surface area contributed by atoms with Crippen molar-refractivity contribution in [1.29, 1.82) is 0 Å². The molecule has 6 rings (SSSR count). The van der Waals surface area contributed by atoms with E-state index in [1.165, 1.54) is 6.39 Å². The third kappa shape index (κ3) is 3.04. The Balaban J connectivity index is 1.66. The Morgan fingerprint density at radius 2 is 1.94 bits per heavy atom. The molecule has 3 aromatic heterocycles. The van der Waals surface area contributed by atoms with E-state index in [0.29, 0.717) is 24.0 Å². The van der Waals surface area contributed by atoms with Gasteiger partial charge in [0.05, 0.1) is 41.2 Å². The molecule has 0 saturated carbocycles. The van der Waals surface area contributed by atoms with Crippen LogP contribution in [0.5, 0.6) is 0 Å². The maximum atomic E-state index is 6.44. The Bertz CT molecular complexity index is 1440. The first-order valence-electron chi connectivity index (χ1n) is 10.5. The van der Waals surface area contributed by atoms with E-state index in [0.717, 1.165) is 57.8 Å². The molecule has 0 bridgehead atoms. The fourth-order valence-corrected chi connectivity index (χ4v) is 4.67. The van der Waals surface area contributed by atoms with Crippen molar-refractivity contribution in [2.75, 3.05) is 31.2 Å². The molecule has 0 radical (unpaired) electrons. The van der Waals surface area contributed by atoms with Crippen LogP contribution in [-0.2, 0) is 4.74 Å². The van der Waals surface area contributed by atoms with Gasteiger partial charge in [0.2, 0.25) is 0 Å². The summed E-state index contributed by atoms with van der Waals surface area (Å²) in [5, 5.41) is 1.60. The van der Waals surface area contributed by atoms with Crippen molar-refractivity contribution in [3.63, 3.8) is 0 Å². The van der Waals surface area contributed by atoms with E-state index in [1.807, 2.05) is 31.2 Å². The number of hydrogen-bond acceptors (Lipinski definition) is 6. The molecule has 0 N–H and O–H groups in total. The van der Waals surface area contributed by atoms with E-state index >= 15 is 0 Å². The third-order valence-corrected chi connectivity index (χ3v) is 6.23. The molecule has 4 heterocycles. The molecule has 160 valence electrons. The second-order valence-corrected chi connectivity index (χ2v) is 8.19. The minimum Gasteiger partial charge on any atom is -0.443 e. The van der Waals surface area contributed by atoms with Gasteiger partial charge in [-0.05, 0) is 31.2 Å². The first-order valence-corrected chi connectivity index (χ1v) is 10.9. The van der Waals surface area contributed by atoms with Crippen LogP contribution in [0.3, 0.4) is 0 Å². The van der Waals surface area contributed by atoms with Gasteiger partial charge in [-0.1, -0.05) is 23.7 Å². The summed E-state index contributed by atoms with van der Waals surface area (Å²) < 4.78 is 13.4. The molecule has 1 fully saturated rings. The number of imidazole rings is 1. The van der Waals surface area contributed by atoms with Gasteiger partial charge in [-0.3, -0.25) is 9.55 Å². The van der Waals surface area contributed by atoms with Crippen molar-refractivity contribution < 1.29 is 9.15 Å². The average Bonchev–Trinajstić information content (AvgIpc) is 3.47. The monoisotopic (exact) mass is 445 g/mol. The van der Waals surface area contributed by atoms with Crippen LogP contribution in [0.15, 0.2) is 59.6 Å². The first kappa shape index (κ1) is 19.3. The number of fused-ring (bicyclic) bond motifs is 2. The number of morpholine rings is 1. The van der Waals surface area contributed by atoms with Gasteiger partial charge in [0.15, 0.2) is 12.2 Å². The van der Waals surface area contributed by atoms with Crippen molar-refractivity contribution in [3.8, 4) is 17.0 Å². The van der Waals surface area contributed by atoms with E-state index in [-0.39, 0.29) is 0 Å². The number of halogens is 1. The van der Waals surface area contributed by atoms with E-state index in [2.05, 4.69) is 31.6 Å². The van der Waals surface area contributed by atoms with Gasteiger partial charge in [0.1, 0.15) is 11.3 Å². The molecule has 32 heavy (non-hydrogen) atoms. The lowest BCUT2D eigenvalue weighted by Gasteiger charge is -2.29. The highest BCUT2D eigenvalue weighted by Crippen LogP contribution is 2.37. The molecular formula is C24H20ClN5O2. The molecule has 0 aliphatic carbocycles. The molecule has 1 aliphatic rings. The number of ether oxygens (including phenoxy) is 1. The van der Waals surface area contributed by atoms with Crippen molar-refractivity contribution in [2.24, 2.45) is 0 Å². The highest BCUT2D eigenvalue weighted by atomic mass is 35.5. The van der Waals surface area contributed by atoms with Crippen molar-refractivity contribution in [2.45, 2.75) is 6.92 Å². The van der Waals surface area contributed by atoms with Gasteiger partial charge in [0, 0.05) is 35.9 Å². The van der Waals surface area contributed by atoms with E-state index in [9.17, 15) is 0 Å². The zero-order valence-corrected chi connectivity index (χ0v) is 18.2. The van der Waals surface area contributed by atoms with Crippen LogP contribution in [0, 0.1) is 6.92 Å². The second kappa shape index (κ2) is 7.62. The molecule has 0 unspecified atom stereocenters. The Morgan fingerprint density at radius 3 is 2.75 bits per heavy atom. The number of rotatable bonds is 3. The number of anilines is 1. The number of benzene rings is 2. The van der Waals surface area contributed by atoms with Gasteiger partial charge in [-0.2, -0.15) is 0 Å². The van der Waals surface area contributed by atoms with Gasteiger partial charge >= 0.3 is 0 Å². The molecule has 7 nitrogen and oxygen atoms in total. The maximum absolute atomic E-state index is 6.44. The fourth-order valence-electron chi connectivity index (χ4n) is 4.44. The first-order chi connectivity index (χ1) is 15.7. The minimum absolute atomic E-state index is 0.628. The van der Waals surface area contributed by atoms with Crippen LogP contribution in [0.4, 0.5) is 5.69 Å². The lowest BCUT2D eigenvalue weighted by Crippen LogP contribution is -2.36. The second-order valence-electron chi connectivity index (χ2n) is 7.79. The molecule has 0 atom stereocenters. The quantitative estimate of drug-likeness (QED) is 0.388. The number of aromatic nitrogens is 4. The van der Waals surface area contributed by atoms with E-state index in [1.54, 1.807) is 12.4 Å². The third-order valence-electron chi connectivity index (χ3n) is 5.93. The summed E-state index contributed by atoms with van der Waals surface area (Å²) in [5.41, 5.74) is 5.63. The lowest BCUT2D eigenvalue weighted by molar-refractivity contribution is 0.122. The number of oxazole rings is 1. The minimum atomic E-state index is 0.628. The molecular weight excluding hydrogens is 426 g/mol. The smallest absolute Gasteiger partial charge is 0.181 e. The summed E-state index contributed by atoms with van der Waals surface area (Å²) in [4.78, 5) is 15.9. The summed E-state index contributed by atoms with van der Waals surface area (Å²) in [6, 6.07) is 12.2. The summed E-state index contributed by atoms with van der Waals surface area (Å²) >= 11 is 6.44. The summed E-state index contributed by atoms with van der Waals surface area (Å²) in [5.74, 6) is 1.56. The number of hydrogen-bond donors (Lipinski definition) is 0. The molecule has 1 saturated heterocycles. The standard InChI is InChI=1S/C24H20ClN5O2/c1-15-28-24-18(22-13-26-14-32-22)11-16(29-7-9-31-10-8-29)12-21(24)30(15)20-5-6-27-23-17(20)3-2-4-19(23)25/h2-6,11-14H,7-10H2,1H3. The van der Waals surface area contributed by atoms with Gasteiger partial charge in [-0.25, -0.2) is 9.97 Å². The highest BCUT2D eigenvalue weighted by molar-refractivity contribution is 6.35. The van der Waals surface area contributed by atoms with Crippen LogP contribution < -0.4 is 4.90 Å². The number of nitrogens with zero attached hydrogens (tertiary/aromatic N) is 5. The largest absolute Gasteiger partial charge is 0.443 e. The predicted molar refractivity (Wildman–Crippen MR) is 125 cm³/mol. The van der Waals surface area contributed by atoms with Gasteiger partial charge in [-0.15, -0.1) is 0 Å². The number of pyridine rings is 1.